The quantitative estimate of drug-likeness (QED) is 0.0352. The highest BCUT2D eigenvalue weighted by atomic mass is 16.3. The molecular formula is C55H97N5O6. The Hall–Kier alpha value is -3.28. The van der Waals surface area contributed by atoms with E-state index in [9.17, 15) is 29.4 Å². The van der Waals surface area contributed by atoms with E-state index in [4.69, 9.17) is 0 Å². The predicted molar refractivity (Wildman–Crippen MR) is 273 cm³/mol. The van der Waals surface area contributed by atoms with Gasteiger partial charge in [0.25, 0.3) is 0 Å². The first-order valence-electron chi connectivity index (χ1n) is 26.9. The number of carbonyl (C=O) groups is 4. The van der Waals surface area contributed by atoms with Gasteiger partial charge >= 0.3 is 0 Å². The molecule has 0 radical (unpaired) electrons. The molecule has 2 unspecified atom stereocenters. The van der Waals surface area contributed by atoms with Crippen molar-refractivity contribution in [1.82, 2.24) is 25.3 Å². The van der Waals surface area contributed by atoms with E-state index in [1.807, 2.05) is 11.9 Å². The maximum atomic E-state index is 13.5. The van der Waals surface area contributed by atoms with Crippen molar-refractivity contribution < 1.29 is 29.4 Å². The van der Waals surface area contributed by atoms with Crippen molar-refractivity contribution in [3.63, 3.8) is 0 Å². The first-order chi connectivity index (χ1) is 32.3. The molecule has 2 aliphatic carbocycles. The summed E-state index contributed by atoms with van der Waals surface area (Å²) in [4.78, 5) is 59.2. The molecule has 2 fully saturated rings. The van der Waals surface area contributed by atoms with Crippen LogP contribution in [-0.4, -0.2) is 120 Å². The van der Waals surface area contributed by atoms with Crippen LogP contribution in [-0.2, 0) is 19.2 Å². The molecule has 0 bridgehead atoms. The average Bonchev–Trinajstić information content (AvgIpc) is 4.26. The van der Waals surface area contributed by atoms with E-state index in [0.29, 0.717) is 39.0 Å². The zero-order valence-electron chi connectivity index (χ0n) is 42.3. The van der Waals surface area contributed by atoms with Gasteiger partial charge < -0.3 is 35.5 Å². The fourth-order valence-electron chi connectivity index (χ4n) is 8.62. The smallest absolute Gasteiger partial charge is 0.243 e. The first-order valence-corrected chi connectivity index (χ1v) is 26.9. The van der Waals surface area contributed by atoms with Crippen molar-refractivity contribution in [3.05, 3.63) is 48.6 Å². The number of aliphatic hydroxyl groups excluding tert-OH is 2. The number of amides is 4. The summed E-state index contributed by atoms with van der Waals surface area (Å²) >= 11 is 0. The summed E-state index contributed by atoms with van der Waals surface area (Å²) in [5, 5.41) is 25.8. The molecular weight excluding hydrogens is 827 g/mol. The van der Waals surface area contributed by atoms with Crippen LogP contribution in [0.1, 0.15) is 194 Å². The minimum atomic E-state index is -0.564. The highest BCUT2D eigenvalue weighted by Gasteiger charge is 2.43. The second-order valence-corrected chi connectivity index (χ2v) is 19.0. The number of nitrogens with zero attached hydrogens (tertiary/aromatic N) is 3. The second-order valence-electron chi connectivity index (χ2n) is 19.0. The first kappa shape index (κ1) is 58.8. The highest BCUT2D eigenvalue weighted by molar-refractivity contribution is 5.89. The molecule has 11 nitrogen and oxygen atoms in total. The number of nitrogens with one attached hydrogen (secondary N) is 2. The Kier molecular flexibility index (Phi) is 35.4. The van der Waals surface area contributed by atoms with Gasteiger partial charge in [-0.25, -0.2) is 0 Å². The summed E-state index contributed by atoms with van der Waals surface area (Å²) in [6, 6.07) is -1.13. The standard InChI is InChI=1S/C55H97N5O6/c1-4-6-8-10-12-14-16-18-20-22-24-26-28-30-32-34-50(63)59(44-46-61)52(48-36-37-48)54(65)56-40-42-58(3)43-41-57-55(66)53(49-38-39-49)60(45-47-62)51(64)35-33-31-29-27-25-23-21-19-17-15-13-11-9-7-5-2/h12-15,18-21,48-49,52-53,61-62H,4-11,16-17,22-47H2,1-3H3,(H,56,65)(H,57,66)/b14-12-,15-13-,20-18-,21-19-. The van der Waals surface area contributed by atoms with Gasteiger partial charge in [-0.3, -0.25) is 19.2 Å². The van der Waals surface area contributed by atoms with Crippen LogP contribution >= 0.6 is 0 Å². The van der Waals surface area contributed by atoms with Crippen LogP contribution in [0.4, 0.5) is 0 Å². The van der Waals surface area contributed by atoms with Gasteiger partial charge in [-0.15, -0.1) is 0 Å². The Labute approximate surface area is 402 Å². The molecule has 66 heavy (non-hydrogen) atoms. The monoisotopic (exact) mass is 924 g/mol. The van der Waals surface area contributed by atoms with Crippen LogP contribution in [0.3, 0.4) is 0 Å². The van der Waals surface area contributed by atoms with Gasteiger partial charge in [0.05, 0.1) is 13.2 Å². The highest BCUT2D eigenvalue weighted by Crippen LogP contribution is 2.37. The lowest BCUT2D eigenvalue weighted by molar-refractivity contribution is -0.142. The van der Waals surface area contributed by atoms with Crippen molar-refractivity contribution in [1.29, 1.82) is 0 Å². The third-order valence-electron chi connectivity index (χ3n) is 12.9. The summed E-state index contributed by atoms with van der Waals surface area (Å²) in [5.74, 6) is -0.201. The number of unbranched alkanes of at least 4 members (excludes halogenated alkanes) is 16. The van der Waals surface area contributed by atoms with E-state index < -0.39 is 12.1 Å². The molecule has 0 heterocycles. The Morgan fingerprint density at radius 2 is 0.818 bits per heavy atom. The van der Waals surface area contributed by atoms with E-state index in [1.165, 1.54) is 51.4 Å². The molecule has 0 saturated heterocycles. The summed E-state index contributed by atoms with van der Waals surface area (Å²) < 4.78 is 0. The third kappa shape index (κ3) is 28.8. The SMILES string of the molecule is CCCCC/C=C\C/C=C\CCCCCCCC(=O)N(CCO)C(C(=O)NCCN(C)CCNC(=O)C(C1CC1)N(CCO)C(=O)CCCCCCC/C=C\C/C=C\CCCCC)C1CC1. The maximum absolute atomic E-state index is 13.5. The summed E-state index contributed by atoms with van der Waals surface area (Å²) in [5.41, 5.74) is 0. The Morgan fingerprint density at radius 3 is 1.15 bits per heavy atom. The van der Waals surface area contributed by atoms with Crippen molar-refractivity contribution in [2.45, 2.75) is 206 Å². The molecule has 11 heteroatoms. The summed E-state index contributed by atoms with van der Waals surface area (Å²) in [6.45, 7) is 6.35. The molecule has 0 aromatic heterocycles. The van der Waals surface area contributed by atoms with Crippen LogP contribution in [0.2, 0.25) is 0 Å². The molecule has 2 aliphatic rings. The molecule has 2 rings (SSSR count). The number of aliphatic hydroxyl groups is 2. The van der Waals surface area contributed by atoms with E-state index in [0.717, 1.165) is 116 Å². The molecule has 0 aliphatic heterocycles. The lowest BCUT2D eigenvalue weighted by Crippen LogP contribution is -2.53. The minimum absolute atomic E-state index is 0.0556. The number of allylic oxidation sites excluding steroid dienone is 8. The predicted octanol–water partition coefficient (Wildman–Crippen LogP) is 9.98. The van der Waals surface area contributed by atoms with Crippen molar-refractivity contribution in [3.8, 4) is 0 Å². The largest absolute Gasteiger partial charge is 0.395 e. The zero-order chi connectivity index (χ0) is 47.9. The Morgan fingerprint density at radius 1 is 0.485 bits per heavy atom. The Balaban J connectivity index is 1.67. The van der Waals surface area contributed by atoms with Crippen LogP contribution < -0.4 is 10.6 Å². The normalized spacial score (nSPS) is 15.1. The van der Waals surface area contributed by atoms with Gasteiger partial charge in [-0.1, -0.05) is 127 Å². The number of rotatable bonds is 44. The summed E-state index contributed by atoms with van der Waals surface area (Å²) in [7, 11) is 1.94. The maximum Gasteiger partial charge on any atom is 0.243 e. The number of carbonyl (C=O) groups excluding carboxylic acids is 4. The lowest BCUT2D eigenvalue weighted by Gasteiger charge is -2.31. The average molecular weight is 924 g/mol. The zero-order valence-corrected chi connectivity index (χ0v) is 42.3. The summed E-state index contributed by atoms with van der Waals surface area (Å²) in [6.07, 6.45) is 47.1. The Bertz CT molecular complexity index is 1290. The van der Waals surface area contributed by atoms with Crippen LogP contribution in [0.25, 0.3) is 0 Å². The van der Waals surface area contributed by atoms with Crippen LogP contribution in [0.5, 0.6) is 0 Å². The molecule has 2 atom stereocenters. The topological polar surface area (TPSA) is 143 Å². The van der Waals surface area contributed by atoms with Gasteiger partial charge in [-0.05, 0) is 122 Å². The van der Waals surface area contributed by atoms with Crippen LogP contribution in [0, 0.1) is 11.8 Å². The number of hydrogen-bond donors (Lipinski definition) is 4. The van der Waals surface area contributed by atoms with E-state index in [-0.39, 0.29) is 61.8 Å². The van der Waals surface area contributed by atoms with Crippen LogP contribution in [0.15, 0.2) is 48.6 Å². The van der Waals surface area contributed by atoms with E-state index >= 15 is 0 Å². The van der Waals surface area contributed by atoms with Gasteiger partial charge in [0, 0.05) is 52.1 Å². The van der Waals surface area contributed by atoms with Gasteiger partial charge in [0.15, 0.2) is 0 Å². The van der Waals surface area contributed by atoms with Gasteiger partial charge in [0.1, 0.15) is 12.1 Å². The van der Waals surface area contributed by atoms with Crippen molar-refractivity contribution >= 4 is 23.6 Å². The van der Waals surface area contributed by atoms with E-state index in [2.05, 4.69) is 73.1 Å². The fraction of sp³-hybridized carbons (Fsp3) is 0.782. The molecule has 0 aromatic carbocycles. The molecule has 0 aromatic rings. The van der Waals surface area contributed by atoms with E-state index in [1.54, 1.807) is 9.80 Å². The fourth-order valence-corrected chi connectivity index (χ4v) is 8.62. The molecule has 4 amide bonds. The second kappa shape index (κ2) is 39.7. The number of hydrogen-bond acceptors (Lipinski definition) is 7. The molecule has 2 saturated carbocycles. The van der Waals surface area contributed by atoms with Gasteiger partial charge in [0.2, 0.25) is 23.6 Å². The van der Waals surface area contributed by atoms with Crippen molar-refractivity contribution in [2.75, 3.05) is 59.5 Å². The van der Waals surface area contributed by atoms with Crippen molar-refractivity contribution in [2.24, 2.45) is 11.8 Å². The molecule has 378 valence electrons. The molecule has 0 spiro atoms. The minimum Gasteiger partial charge on any atom is -0.395 e. The third-order valence-corrected chi connectivity index (χ3v) is 12.9. The molecule has 4 N–H and O–H groups in total. The lowest BCUT2D eigenvalue weighted by atomic mass is 10.1. The van der Waals surface area contributed by atoms with Gasteiger partial charge in [-0.2, -0.15) is 0 Å². The number of likely N-dealkylation sites (N-methyl/N-ethyl adjacent to an activating group) is 1.